The predicted molar refractivity (Wildman–Crippen MR) is 94.1 cm³/mol. The van der Waals surface area contributed by atoms with E-state index in [1.54, 1.807) is 0 Å². The van der Waals surface area contributed by atoms with Gasteiger partial charge in [-0.3, -0.25) is 0 Å². The third-order valence-corrected chi connectivity index (χ3v) is 8.38. The highest BCUT2D eigenvalue weighted by Gasteiger charge is 2.44. The number of methoxy groups -OCH3 is 1. The van der Waals surface area contributed by atoms with Crippen molar-refractivity contribution in [3.63, 3.8) is 0 Å². The Bertz CT molecular complexity index is 1030. The largest absolute Gasteiger partial charge is 0.495 e. The van der Waals surface area contributed by atoms with Crippen molar-refractivity contribution in [2.45, 2.75) is 15.0 Å². The lowest BCUT2D eigenvalue weighted by molar-refractivity contribution is 0.309. The zero-order valence-electron chi connectivity index (χ0n) is 13.6. The maximum atomic E-state index is 13.0. The SMILES string of the molecule is COc1ccc(S(=O)(=O)N2CC(S(=O)(=O)c3ccc(F)cc3)C2)cc1Cl. The van der Waals surface area contributed by atoms with E-state index in [1.807, 2.05) is 0 Å². The summed E-state index contributed by atoms with van der Waals surface area (Å²) >= 11 is 5.96. The molecule has 6 nitrogen and oxygen atoms in total. The lowest BCUT2D eigenvalue weighted by Crippen LogP contribution is -2.56. The molecule has 1 saturated heterocycles. The molecule has 140 valence electrons. The number of sulfonamides is 1. The van der Waals surface area contributed by atoms with Gasteiger partial charge in [-0.25, -0.2) is 21.2 Å². The average molecular weight is 420 g/mol. The van der Waals surface area contributed by atoms with Crippen LogP contribution in [0.15, 0.2) is 52.3 Å². The van der Waals surface area contributed by atoms with Crippen molar-refractivity contribution in [3.8, 4) is 5.75 Å². The Kier molecular flexibility index (Phi) is 5.00. The molecular formula is C16H15ClFNO5S2. The Morgan fingerprint density at radius 3 is 2.15 bits per heavy atom. The zero-order valence-corrected chi connectivity index (χ0v) is 16.0. The molecule has 0 unspecified atom stereocenters. The summed E-state index contributed by atoms with van der Waals surface area (Å²) in [7, 11) is -6.18. The molecule has 0 amide bonds. The smallest absolute Gasteiger partial charge is 0.243 e. The predicted octanol–water partition coefficient (Wildman–Crippen LogP) is 2.33. The van der Waals surface area contributed by atoms with Crippen LogP contribution in [0.2, 0.25) is 5.02 Å². The second-order valence-electron chi connectivity index (χ2n) is 5.74. The second-order valence-corrected chi connectivity index (χ2v) is 10.3. The molecule has 3 rings (SSSR count). The minimum atomic E-state index is -3.86. The molecule has 1 aliphatic heterocycles. The van der Waals surface area contributed by atoms with Crippen molar-refractivity contribution in [1.82, 2.24) is 4.31 Å². The van der Waals surface area contributed by atoms with E-state index in [4.69, 9.17) is 16.3 Å². The Balaban J connectivity index is 1.78. The van der Waals surface area contributed by atoms with Crippen LogP contribution in [0.1, 0.15) is 0 Å². The number of hydrogen-bond acceptors (Lipinski definition) is 5. The van der Waals surface area contributed by atoms with Gasteiger partial charge in [0.1, 0.15) is 11.6 Å². The van der Waals surface area contributed by atoms with Gasteiger partial charge in [-0.1, -0.05) is 11.6 Å². The summed E-state index contributed by atoms with van der Waals surface area (Å²) in [5.74, 6) is -0.205. The molecule has 0 saturated carbocycles. The second kappa shape index (κ2) is 6.80. The molecule has 2 aromatic rings. The highest BCUT2D eigenvalue weighted by molar-refractivity contribution is 7.92. The molecular weight excluding hydrogens is 405 g/mol. The number of sulfone groups is 1. The topological polar surface area (TPSA) is 80.8 Å². The van der Waals surface area contributed by atoms with Gasteiger partial charge in [-0.2, -0.15) is 4.31 Å². The Hall–Kier alpha value is -1.68. The van der Waals surface area contributed by atoms with E-state index >= 15 is 0 Å². The van der Waals surface area contributed by atoms with Crippen LogP contribution in [0.3, 0.4) is 0 Å². The molecule has 26 heavy (non-hydrogen) atoms. The van der Waals surface area contributed by atoms with Crippen LogP contribution in [0, 0.1) is 5.82 Å². The molecule has 1 aliphatic rings. The maximum Gasteiger partial charge on any atom is 0.243 e. The molecule has 0 aromatic heterocycles. The van der Waals surface area contributed by atoms with Crippen molar-refractivity contribution in [2.24, 2.45) is 0 Å². The van der Waals surface area contributed by atoms with Crippen LogP contribution >= 0.6 is 11.6 Å². The Morgan fingerprint density at radius 2 is 1.62 bits per heavy atom. The first-order chi connectivity index (χ1) is 12.2. The molecule has 0 aliphatic carbocycles. The maximum absolute atomic E-state index is 13.0. The number of ether oxygens (including phenoxy) is 1. The van der Waals surface area contributed by atoms with Gasteiger partial charge in [0.05, 0.1) is 27.2 Å². The quantitative estimate of drug-likeness (QED) is 0.695. The van der Waals surface area contributed by atoms with Gasteiger partial charge in [0.15, 0.2) is 9.84 Å². The summed E-state index contributed by atoms with van der Waals surface area (Å²) in [6.45, 7) is -0.350. The number of benzene rings is 2. The fourth-order valence-corrected chi connectivity index (χ4v) is 6.29. The highest BCUT2D eigenvalue weighted by atomic mass is 35.5. The first kappa shape index (κ1) is 19.1. The molecule has 2 aromatic carbocycles. The number of rotatable bonds is 5. The van der Waals surface area contributed by atoms with Gasteiger partial charge in [0, 0.05) is 13.1 Å². The van der Waals surface area contributed by atoms with Crippen molar-refractivity contribution in [3.05, 3.63) is 53.3 Å². The molecule has 0 atom stereocenters. The number of nitrogens with zero attached hydrogens (tertiary/aromatic N) is 1. The van der Waals surface area contributed by atoms with Gasteiger partial charge in [-0.05, 0) is 42.5 Å². The fourth-order valence-electron chi connectivity index (χ4n) is 2.57. The van der Waals surface area contributed by atoms with E-state index in [1.165, 1.54) is 37.4 Å². The zero-order chi connectivity index (χ0) is 19.1. The normalized spacial score (nSPS) is 16.3. The van der Waals surface area contributed by atoms with Crippen molar-refractivity contribution in [1.29, 1.82) is 0 Å². The standard InChI is InChI=1S/C16H15ClFNO5S2/c1-24-16-7-6-13(8-15(16)17)26(22,23)19-9-14(10-19)25(20,21)12-4-2-11(18)3-5-12/h2-8,14H,9-10H2,1H3. The van der Waals surface area contributed by atoms with Gasteiger partial charge < -0.3 is 4.74 Å². The molecule has 10 heteroatoms. The summed E-state index contributed by atoms with van der Waals surface area (Å²) in [5.41, 5.74) is 0. The number of hydrogen-bond donors (Lipinski definition) is 0. The van der Waals surface area contributed by atoms with Crippen molar-refractivity contribution >= 4 is 31.5 Å². The van der Waals surface area contributed by atoms with E-state index in [2.05, 4.69) is 0 Å². The van der Waals surface area contributed by atoms with Crippen LogP contribution in [-0.4, -0.2) is 46.6 Å². The van der Waals surface area contributed by atoms with E-state index < -0.39 is 30.9 Å². The molecule has 0 radical (unpaired) electrons. The van der Waals surface area contributed by atoms with Gasteiger partial charge in [-0.15, -0.1) is 0 Å². The Morgan fingerprint density at radius 1 is 1.04 bits per heavy atom. The minimum absolute atomic E-state index is 0.0339. The monoisotopic (exact) mass is 419 g/mol. The summed E-state index contributed by atoms with van der Waals surface area (Å²) < 4.78 is 69.2. The third-order valence-electron chi connectivity index (χ3n) is 4.16. The lowest BCUT2D eigenvalue weighted by atomic mass is 10.3. The van der Waals surface area contributed by atoms with Crippen LogP contribution < -0.4 is 4.74 Å². The summed E-state index contributed by atoms with van der Waals surface area (Å²) in [5, 5.41) is -0.735. The van der Waals surface area contributed by atoms with Crippen LogP contribution in [0.25, 0.3) is 0 Å². The summed E-state index contributed by atoms with van der Waals surface area (Å²) in [4.78, 5) is -0.0747. The van der Waals surface area contributed by atoms with E-state index in [9.17, 15) is 21.2 Å². The Labute approximate surface area is 156 Å². The first-order valence-electron chi connectivity index (χ1n) is 7.49. The van der Waals surface area contributed by atoms with Crippen molar-refractivity contribution < 1.29 is 26.0 Å². The van der Waals surface area contributed by atoms with Gasteiger partial charge in [0.25, 0.3) is 0 Å². The fraction of sp³-hybridized carbons (Fsp3) is 0.250. The number of halogens is 2. The van der Waals surface area contributed by atoms with Crippen molar-refractivity contribution in [2.75, 3.05) is 20.2 Å². The van der Waals surface area contributed by atoms with Gasteiger partial charge in [0.2, 0.25) is 10.0 Å². The molecule has 0 N–H and O–H groups in total. The first-order valence-corrected chi connectivity index (χ1v) is 10.9. The van der Waals surface area contributed by atoms with Gasteiger partial charge >= 0.3 is 0 Å². The summed E-state index contributed by atoms with van der Waals surface area (Å²) in [6.07, 6.45) is 0. The molecule has 0 spiro atoms. The third kappa shape index (κ3) is 3.32. The van der Waals surface area contributed by atoms with Crippen LogP contribution in [-0.2, 0) is 19.9 Å². The molecule has 1 heterocycles. The average Bonchev–Trinajstić information content (AvgIpc) is 2.53. The van der Waals surface area contributed by atoms with E-state index in [0.29, 0.717) is 5.75 Å². The van der Waals surface area contributed by atoms with E-state index in [-0.39, 0.29) is 27.9 Å². The van der Waals surface area contributed by atoms with E-state index in [0.717, 1.165) is 16.4 Å². The highest BCUT2D eigenvalue weighted by Crippen LogP contribution is 2.32. The lowest BCUT2D eigenvalue weighted by Gasteiger charge is -2.37. The van der Waals surface area contributed by atoms with Crippen LogP contribution in [0.4, 0.5) is 4.39 Å². The summed E-state index contributed by atoms with van der Waals surface area (Å²) in [6, 6.07) is 8.50. The van der Waals surface area contributed by atoms with Crippen LogP contribution in [0.5, 0.6) is 5.75 Å². The molecule has 1 fully saturated rings. The minimum Gasteiger partial charge on any atom is -0.495 e. The molecule has 0 bridgehead atoms.